The van der Waals surface area contributed by atoms with E-state index in [1.54, 1.807) is 0 Å². The van der Waals surface area contributed by atoms with Crippen molar-refractivity contribution in [3.05, 3.63) is 41.7 Å². The van der Waals surface area contributed by atoms with Crippen LogP contribution in [0.2, 0.25) is 0 Å². The van der Waals surface area contributed by atoms with Crippen LogP contribution >= 0.6 is 0 Å². The summed E-state index contributed by atoms with van der Waals surface area (Å²) in [5.74, 6) is 1.03. The van der Waals surface area contributed by atoms with Gasteiger partial charge in [-0.05, 0) is 36.8 Å². The maximum atomic E-state index is 5.50. The van der Waals surface area contributed by atoms with Gasteiger partial charge < -0.3 is 10.1 Å². The molecule has 1 aliphatic heterocycles. The molecule has 0 aliphatic carbocycles. The van der Waals surface area contributed by atoms with Crippen molar-refractivity contribution in [1.82, 2.24) is 9.78 Å². The van der Waals surface area contributed by atoms with Gasteiger partial charge in [0.25, 0.3) is 0 Å². The Balaban J connectivity index is 1.70. The van der Waals surface area contributed by atoms with E-state index in [9.17, 15) is 0 Å². The predicted octanol–water partition coefficient (Wildman–Crippen LogP) is 2.45. The second-order valence-corrected chi connectivity index (χ2v) is 4.41. The highest BCUT2D eigenvalue weighted by Gasteiger charge is 2.11. The highest BCUT2D eigenvalue weighted by atomic mass is 16.5. The first-order valence-corrected chi connectivity index (χ1v) is 6.37. The number of nitrogens with one attached hydrogen (secondary N) is 1. The lowest BCUT2D eigenvalue weighted by Gasteiger charge is -2.09. The summed E-state index contributed by atoms with van der Waals surface area (Å²) < 4.78 is 7.50. The molecular formula is C14H17N3O. The number of hydrogen-bond acceptors (Lipinski definition) is 3. The van der Waals surface area contributed by atoms with E-state index in [0.717, 1.165) is 37.6 Å². The lowest BCUT2D eigenvalue weighted by Crippen LogP contribution is -2.07. The molecule has 0 atom stereocenters. The van der Waals surface area contributed by atoms with Crippen molar-refractivity contribution in [3.63, 3.8) is 0 Å². The Morgan fingerprint density at radius 2 is 2.33 bits per heavy atom. The van der Waals surface area contributed by atoms with Crippen molar-refractivity contribution >= 4 is 5.69 Å². The number of benzene rings is 1. The van der Waals surface area contributed by atoms with Gasteiger partial charge in [-0.15, -0.1) is 0 Å². The van der Waals surface area contributed by atoms with Gasteiger partial charge in [0.05, 0.1) is 18.8 Å². The Labute approximate surface area is 107 Å². The fourth-order valence-electron chi connectivity index (χ4n) is 2.28. The van der Waals surface area contributed by atoms with Crippen LogP contribution in [0, 0.1) is 0 Å². The number of hydrogen-bond donors (Lipinski definition) is 1. The van der Waals surface area contributed by atoms with Crippen molar-refractivity contribution in [1.29, 1.82) is 0 Å². The van der Waals surface area contributed by atoms with E-state index in [0.29, 0.717) is 0 Å². The summed E-state index contributed by atoms with van der Waals surface area (Å²) in [5.41, 5.74) is 3.64. The fraction of sp³-hybridized carbons (Fsp3) is 0.357. The minimum Gasteiger partial charge on any atom is -0.493 e. The molecule has 4 nitrogen and oxygen atoms in total. The molecule has 0 saturated carbocycles. The fourth-order valence-corrected chi connectivity index (χ4v) is 2.28. The van der Waals surface area contributed by atoms with Crippen molar-refractivity contribution in [3.8, 4) is 5.75 Å². The molecule has 0 radical (unpaired) electrons. The number of anilines is 1. The molecule has 1 aliphatic rings. The van der Waals surface area contributed by atoms with E-state index in [1.165, 1.54) is 11.3 Å². The van der Waals surface area contributed by atoms with Crippen LogP contribution in [-0.2, 0) is 19.5 Å². The third kappa shape index (κ3) is 2.06. The van der Waals surface area contributed by atoms with E-state index < -0.39 is 0 Å². The Morgan fingerprint density at radius 3 is 3.22 bits per heavy atom. The first kappa shape index (κ1) is 11.1. The second kappa shape index (κ2) is 4.72. The zero-order chi connectivity index (χ0) is 12.4. The molecule has 1 aromatic heterocycles. The number of fused-ring (bicyclic) bond motifs is 1. The molecule has 0 bridgehead atoms. The van der Waals surface area contributed by atoms with E-state index in [-0.39, 0.29) is 0 Å². The Kier molecular flexibility index (Phi) is 2.92. The quantitative estimate of drug-likeness (QED) is 0.896. The largest absolute Gasteiger partial charge is 0.493 e. The van der Waals surface area contributed by atoms with Crippen LogP contribution in [0.25, 0.3) is 0 Å². The van der Waals surface area contributed by atoms with Crippen LogP contribution in [0.5, 0.6) is 5.75 Å². The molecule has 0 spiro atoms. The van der Waals surface area contributed by atoms with Gasteiger partial charge in [-0.1, -0.05) is 0 Å². The third-order valence-corrected chi connectivity index (χ3v) is 3.27. The van der Waals surface area contributed by atoms with Gasteiger partial charge in [-0.2, -0.15) is 5.10 Å². The number of rotatable bonds is 4. The van der Waals surface area contributed by atoms with Crippen LogP contribution in [0.3, 0.4) is 0 Å². The first-order valence-electron chi connectivity index (χ1n) is 6.37. The first-order chi connectivity index (χ1) is 8.86. The van der Waals surface area contributed by atoms with Gasteiger partial charge in [-0.3, -0.25) is 4.68 Å². The lowest BCUT2D eigenvalue weighted by molar-refractivity contribution is 0.357. The van der Waals surface area contributed by atoms with Crippen LogP contribution in [0.1, 0.15) is 18.2 Å². The summed E-state index contributed by atoms with van der Waals surface area (Å²) in [6.07, 6.45) is 2.86. The van der Waals surface area contributed by atoms with Crippen LogP contribution in [0.15, 0.2) is 30.5 Å². The predicted molar refractivity (Wildman–Crippen MR) is 70.9 cm³/mol. The van der Waals surface area contributed by atoms with E-state index >= 15 is 0 Å². The minimum absolute atomic E-state index is 0.799. The van der Waals surface area contributed by atoms with Crippen molar-refractivity contribution in [2.45, 2.75) is 26.4 Å². The third-order valence-electron chi connectivity index (χ3n) is 3.27. The average molecular weight is 243 g/mol. The molecule has 1 N–H and O–H groups in total. The van der Waals surface area contributed by atoms with Gasteiger partial charge in [0.2, 0.25) is 0 Å². The number of aromatic nitrogens is 2. The van der Waals surface area contributed by atoms with Crippen molar-refractivity contribution < 1.29 is 4.74 Å². The zero-order valence-corrected chi connectivity index (χ0v) is 10.5. The summed E-state index contributed by atoms with van der Waals surface area (Å²) in [5, 5.41) is 7.70. The minimum atomic E-state index is 0.799. The van der Waals surface area contributed by atoms with Gasteiger partial charge in [0.1, 0.15) is 5.75 Å². The molecular weight excluding hydrogens is 226 g/mol. The number of ether oxygens (including phenoxy) is 1. The highest BCUT2D eigenvalue weighted by molar-refractivity contribution is 5.52. The summed E-state index contributed by atoms with van der Waals surface area (Å²) in [7, 11) is 0. The smallest absolute Gasteiger partial charge is 0.122 e. The molecule has 1 aromatic carbocycles. The number of nitrogens with zero attached hydrogens (tertiary/aromatic N) is 2. The molecule has 4 heteroatoms. The van der Waals surface area contributed by atoms with E-state index in [2.05, 4.69) is 29.5 Å². The van der Waals surface area contributed by atoms with Gasteiger partial charge in [0.15, 0.2) is 0 Å². The number of aryl methyl sites for hydroxylation is 1. The molecule has 2 heterocycles. The molecule has 0 amide bonds. The highest BCUT2D eigenvalue weighted by Crippen LogP contribution is 2.27. The summed E-state index contributed by atoms with van der Waals surface area (Å²) in [6.45, 7) is 4.61. The van der Waals surface area contributed by atoms with Crippen LogP contribution in [0.4, 0.5) is 5.69 Å². The molecule has 3 rings (SSSR count). The second-order valence-electron chi connectivity index (χ2n) is 4.41. The Hall–Kier alpha value is -1.97. The van der Waals surface area contributed by atoms with Gasteiger partial charge in [0, 0.05) is 24.8 Å². The summed E-state index contributed by atoms with van der Waals surface area (Å²) in [4.78, 5) is 0. The van der Waals surface area contributed by atoms with Crippen LogP contribution in [-0.4, -0.2) is 16.4 Å². The SMILES string of the molecule is CCn1nccc1CNc1ccc2c(c1)CCO2. The van der Waals surface area contributed by atoms with Gasteiger partial charge in [-0.25, -0.2) is 0 Å². The molecule has 0 unspecified atom stereocenters. The summed E-state index contributed by atoms with van der Waals surface area (Å²) >= 11 is 0. The molecule has 94 valence electrons. The molecule has 0 saturated heterocycles. The normalized spacial score (nSPS) is 13.2. The maximum Gasteiger partial charge on any atom is 0.122 e. The summed E-state index contributed by atoms with van der Waals surface area (Å²) in [6, 6.07) is 8.33. The lowest BCUT2D eigenvalue weighted by atomic mass is 10.1. The standard InChI is InChI=1S/C14H17N3O/c1-2-17-13(5-7-16-17)10-15-12-3-4-14-11(9-12)6-8-18-14/h3-5,7,9,15H,2,6,8,10H2,1H3. The Morgan fingerprint density at radius 1 is 1.39 bits per heavy atom. The Bertz CT molecular complexity index is 548. The van der Waals surface area contributed by atoms with Crippen molar-refractivity contribution in [2.24, 2.45) is 0 Å². The van der Waals surface area contributed by atoms with E-state index in [4.69, 9.17) is 4.74 Å². The average Bonchev–Trinajstić information content (AvgIpc) is 3.04. The van der Waals surface area contributed by atoms with Crippen LogP contribution < -0.4 is 10.1 Å². The molecule has 0 fully saturated rings. The molecule has 18 heavy (non-hydrogen) atoms. The van der Waals surface area contributed by atoms with Gasteiger partial charge >= 0.3 is 0 Å². The molecule has 2 aromatic rings. The van der Waals surface area contributed by atoms with Crippen molar-refractivity contribution in [2.75, 3.05) is 11.9 Å². The monoisotopic (exact) mass is 243 g/mol. The topological polar surface area (TPSA) is 39.1 Å². The van der Waals surface area contributed by atoms with E-state index in [1.807, 2.05) is 23.0 Å². The maximum absolute atomic E-state index is 5.50. The zero-order valence-electron chi connectivity index (χ0n) is 10.5.